The van der Waals surface area contributed by atoms with Crippen LogP contribution >= 0.6 is 11.8 Å². The summed E-state index contributed by atoms with van der Waals surface area (Å²) in [7, 11) is 0. The monoisotopic (exact) mass is 217 g/mol. The molecule has 0 amide bonds. The van der Waals surface area contributed by atoms with Crippen molar-refractivity contribution >= 4 is 11.8 Å². The van der Waals surface area contributed by atoms with Gasteiger partial charge in [0, 0.05) is 11.6 Å². The highest BCUT2D eigenvalue weighted by molar-refractivity contribution is 7.98. The molecule has 14 heavy (non-hydrogen) atoms. The van der Waals surface area contributed by atoms with Gasteiger partial charge in [-0.25, -0.2) is 8.78 Å². The van der Waals surface area contributed by atoms with Gasteiger partial charge in [0.15, 0.2) is 11.6 Å². The van der Waals surface area contributed by atoms with Gasteiger partial charge in [0.05, 0.1) is 0 Å². The molecule has 0 aliphatic heterocycles. The number of hydrogen-bond donors (Lipinski definition) is 1. The summed E-state index contributed by atoms with van der Waals surface area (Å²) in [6.45, 7) is 0. The molecule has 1 atom stereocenters. The van der Waals surface area contributed by atoms with Crippen molar-refractivity contribution in [2.45, 2.75) is 12.5 Å². The van der Waals surface area contributed by atoms with Gasteiger partial charge in [-0.15, -0.1) is 0 Å². The van der Waals surface area contributed by atoms with E-state index in [0.717, 1.165) is 11.8 Å². The molecule has 1 unspecified atom stereocenters. The van der Waals surface area contributed by atoms with Crippen molar-refractivity contribution in [1.29, 1.82) is 0 Å². The fourth-order valence-corrected chi connectivity index (χ4v) is 1.70. The van der Waals surface area contributed by atoms with Gasteiger partial charge >= 0.3 is 0 Å². The molecule has 78 valence electrons. The molecular weight excluding hydrogens is 204 g/mol. The molecule has 0 bridgehead atoms. The van der Waals surface area contributed by atoms with E-state index in [1.54, 1.807) is 11.8 Å². The summed E-state index contributed by atoms with van der Waals surface area (Å²) in [5, 5.41) is 0. The van der Waals surface area contributed by atoms with Crippen molar-refractivity contribution in [3.05, 3.63) is 35.4 Å². The van der Waals surface area contributed by atoms with Gasteiger partial charge in [0.2, 0.25) is 0 Å². The van der Waals surface area contributed by atoms with Gasteiger partial charge in [0.25, 0.3) is 0 Å². The summed E-state index contributed by atoms with van der Waals surface area (Å²) in [5.74, 6) is -0.805. The first kappa shape index (κ1) is 11.5. The number of hydrogen-bond acceptors (Lipinski definition) is 2. The minimum atomic E-state index is -0.831. The highest BCUT2D eigenvalue weighted by Gasteiger charge is 2.13. The molecule has 0 saturated heterocycles. The Morgan fingerprint density at radius 1 is 1.43 bits per heavy atom. The summed E-state index contributed by atoms with van der Waals surface area (Å²) in [4.78, 5) is 0. The minimum Gasteiger partial charge on any atom is -0.324 e. The average Bonchev–Trinajstić information content (AvgIpc) is 2.18. The van der Waals surface area contributed by atoms with Crippen molar-refractivity contribution in [3.8, 4) is 0 Å². The smallest absolute Gasteiger partial charge is 0.163 e. The van der Waals surface area contributed by atoms with Gasteiger partial charge < -0.3 is 5.73 Å². The summed E-state index contributed by atoms with van der Waals surface area (Å²) >= 11 is 1.64. The maximum absolute atomic E-state index is 13.2. The number of nitrogens with two attached hydrogens (primary N) is 1. The SMILES string of the molecule is CSCCC(N)c1cccc(F)c1F. The molecule has 0 aliphatic rings. The maximum Gasteiger partial charge on any atom is 0.163 e. The molecule has 0 aliphatic carbocycles. The number of benzene rings is 1. The van der Waals surface area contributed by atoms with Gasteiger partial charge in [-0.05, 0) is 24.5 Å². The molecule has 2 N–H and O–H groups in total. The highest BCUT2D eigenvalue weighted by atomic mass is 32.2. The van der Waals surface area contributed by atoms with Crippen LogP contribution in [0.3, 0.4) is 0 Å². The third-order valence-corrected chi connectivity index (χ3v) is 2.66. The maximum atomic E-state index is 13.2. The lowest BCUT2D eigenvalue weighted by molar-refractivity contribution is 0.487. The Hall–Kier alpha value is -0.610. The van der Waals surface area contributed by atoms with Crippen molar-refractivity contribution in [1.82, 2.24) is 0 Å². The lowest BCUT2D eigenvalue weighted by atomic mass is 10.0. The van der Waals surface area contributed by atoms with E-state index >= 15 is 0 Å². The molecule has 0 heterocycles. The zero-order valence-corrected chi connectivity index (χ0v) is 8.78. The van der Waals surface area contributed by atoms with Crippen molar-refractivity contribution in [3.63, 3.8) is 0 Å². The third-order valence-electron chi connectivity index (χ3n) is 2.01. The second kappa shape index (κ2) is 5.32. The molecule has 0 radical (unpaired) electrons. The van der Waals surface area contributed by atoms with Crippen molar-refractivity contribution < 1.29 is 8.78 Å². The zero-order chi connectivity index (χ0) is 10.6. The first-order valence-corrected chi connectivity index (χ1v) is 5.74. The zero-order valence-electron chi connectivity index (χ0n) is 7.97. The Balaban J connectivity index is 2.79. The Kier molecular flexibility index (Phi) is 4.35. The predicted molar refractivity (Wildman–Crippen MR) is 56.3 cm³/mol. The fraction of sp³-hybridized carbons (Fsp3) is 0.400. The predicted octanol–water partition coefficient (Wildman–Crippen LogP) is 2.72. The Morgan fingerprint density at radius 3 is 2.79 bits per heavy atom. The van der Waals surface area contributed by atoms with Crippen molar-refractivity contribution in [2.75, 3.05) is 12.0 Å². The molecule has 1 nitrogen and oxygen atoms in total. The summed E-state index contributed by atoms with van der Waals surface area (Å²) in [5.41, 5.74) is 5.99. The van der Waals surface area contributed by atoms with E-state index in [4.69, 9.17) is 5.73 Å². The summed E-state index contributed by atoms with van der Waals surface area (Å²) in [6.07, 6.45) is 2.61. The van der Waals surface area contributed by atoms with Crippen LogP contribution in [0.1, 0.15) is 18.0 Å². The molecule has 0 aromatic heterocycles. The van der Waals surface area contributed by atoms with E-state index in [1.165, 1.54) is 12.1 Å². The molecule has 0 saturated carbocycles. The Bertz CT molecular complexity index is 304. The first-order valence-electron chi connectivity index (χ1n) is 4.35. The average molecular weight is 217 g/mol. The van der Waals surface area contributed by atoms with Crippen LogP contribution in [0.15, 0.2) is 18.2 Å². The number of thioether (sulfide) groups is 1. The van der Waals surface area contributed by atoms with E-state index in [-0.39, 0.29) is 5.56 Å². The third kappa shape index (κ3) is 2.69. The van der Waals surface area contributed by atoms with E-state index < -0.39 is 17.7 Å². The fourth-order valence-electron chi connectivity index (χ4n) is 1.21. The van der Waals surface area contributed by atoms with Crippen LogP contribution in [0, 0.1) is 11.6 Å². The number of rotatable bonds is 4. The quantitative estimate of drug-likeness (QED) is 0.839. The standard InChI is InChI=1S/C10H13F2NS/c1-14-6-5-9(13)7-3-2-4-8(11)10(7)12/h2-4,9H,5-6,13H2,1H3. The molecule has 1 rings (SSSR count). The van der Waals surface area contributed by atoms with E-state index in [2.05, 4.69) is 0 Å². The van der Waals surface area contributed by atoms with E-state index in [0.29, 0.717) is 6.42 Å². The molecular formula is C10H13F2NS. The largest absolute Gasteiger partial charge is 0.324 e. The van der Waals surface area contributed by atoms with Crippen LogP contribution in [0.4, 0.5) is 8.78 Å². The summed E-state index contributed by atoms with van der Waals surface area (Å²) < 4.78 is 26.0. The second-order valence-electron chi connectivity index (χ2n) is 3.03. The van der Waals surface area contributed by atoms with Crippen LogP contribution in [0.2, 0.25) is 0 Å². The van der Waals surface area contributed by atoms with Crippen LogP contribution in [0.5, 0.6) is 0 Å². The topological polar surface area (TPSA) is 26.0 Å². The Morgan fingerprint density at radius 2 is 2.14 bits per heavy atom. The molecule has 1 aromatic rings. The number of halogens is 2. The second-order valence-corrected chi connectivity index (χ2v) is 4.02. The normalized spacial score (nSPS) is 12.9. The van der Waals surface area contributed by atoms with E-state index in [9.17, 15) is 8.78 Å². The van der Waals surface area contributed by atoms with Crippen LogP contribution in [0.25, 0.3) is 0 Å². The minimum absolute atomic E-state index is 0.263. The lowest BCUT2D eigenvalue weighted by Gasteiger charge is -2.12. The molecule has 0 fully saturated rings. The first-order chi connectivity index (χ1) is 6.66. The van der Waals surface area contributed by atoms with Crippen molar-refractivity contribution in [2.24, 2.45) is 5.73 Å². The van der Waals surface area contributed by atoms with Gasteiger partial charge in [-0.2, -0.15) is 11.8 Å². The van der Waals surface area contributed by atoms with E-state index in [1.807, 2.05) is 6.26 Å². The molecule has 0 spiro atoms. The Labute approximate surface area is 86.7 Å². The lowest BCUT2D eigenvalue weighted by Crippen LogP contribution is -2.13. The van der Waals surface area contributed by atoms with Gasteiger partial charge in [0.1, 0.15) is 0 Å². The highest BCUT2D eigenvalue weighted by Crippen LogP contribution is 2.20. The summed E-state index contributed by atoms with van der Waals surface area (Å²) in [6, 6.07) is 3.69. The van der Waals surface area contributed by atoms with Crippen LogP contribution < -0.4 is 5.73 Å². The van der Waals surface area contributed by atoms with Crippen LogP contribution in [-0.2, 0) is 0 Å². The van der Waals surface area contributed by atoms with Crippen LogP contribution in [-0.4, -0.2) is 12.0 Å². The van der Waals surface area contributed by atoms with Gasteiger partial charge in [-0.1, -0.05) is 12.1 Å². The molecule has 4 heteroatoms. The van der Waals surface area contributed by atoms with Gasteiger partial charge in [-0.3, -0.25) is 0 Å². The molecule has 1 aromatic carbocycles.